The Balaban J connectivity index is 4.30. The summed E-state index contributed by atoms with van der Waals surface area (Å²) in [5.41, 5.74) is 0. The van der Waals surface area contributed by atoms with Gasteiger partial charge in [0.25, 0.3) is 0 Å². The van der Waals surface area contributed by atoms with E-state index in [2.05, 4.69) is 24.8 Å². The minimum atomic E-state index is -2.98. The van der Waals surface area contributed by atoms with Crippen molar-refractivity contribution >= 4 is 9.84 Å². The van der Waals surface area contributed by atoms with Gasteiger partial charge in [0.05, 0.1) is 17.1 Å². The van der Waals surface area contributed by atoms with Crippen molar-refractivity contribution in [3.05, 3.63) is 0 Å². The number of nitrogens with zero attached hydrogens (tertiary/aromatic N) is 2. The Hall–Kier alpha value is -0.600. The number of sulfone groups is 1. The summed E-state index contributed by atoms with van der Waals surface area (Å²) < 4.78 is 23.4. The first kappa shape index (κ1) is 16.4. The van der Waals surface area contributed by atoms with Crippen molar-refractivity contribution in [2.24, 2.45) is 5.92 Å². The molecular weight excluding hydrogens is 236 g/mol. The summed E-state index contributed by atoms with van der Waals surface area (Å²) in [6.45, 7) is 9.62. The van der Waals surface area contributed by atoms with Crippen LogP contribution in [0.2, 0.25) is 0 Å². The van der Waals surface area contributed by atoms with Crippen molar-refractivity contribution in [3.8, 4) is 6.07 Å². The molecule has 0 radical (unpaired) electrons. The summed E-state index contributed by atoms with van der Waals surface area (Å²) in [6, 6.07) is 2.10. The maximum absolute atomic E-state index is 11.7. The van der Waals surface area contributed by atoms with Gasteiger partial charge in [-0.3, -0.25) is 0 Å². The van der Waals surface area contributed by atoms with Crippen LogP contribution in [0.5, 0.6) is 0 Å². The van der Waals surface area contributed by atoms with Gasteiger partial charge in [-0.05, 0) is 19.8 Å². The maximum atomic E-state index is 11.7. The average Bonchev–Trinajstić information content (AvgIpc) is 2.21. The third kappa shape index (κ3) is 7.35. The largest absolute Gasteiger partial charge is 0.301 e. The quantitative estimate of drug-likeness (QED) is 0.666. The van der Waals surface area contributed by atoms with Crippen molar-refractivity contribution in [1.29, 1.82) is 5.26 Å². The van der Waals surface area contributed by atoms with E-state index in [0.29, 0.717) is 25.4 Å². The Morgan fingerprint density at radius 1 is 1.18 bits per heavy atom. The molecule has 0 aromatic rings. The van der Waals surface area contributed by atoms with E-state index in [1.807, 2.05) is 0 Å². The Labute approximate surface area is 106 Å². The zero-order valence-electron chi connectivity index (χ0n) is 11.3. The summed E-state index contributed by atoms with van der Waals surface area (Å²) in [6.07, 6.45) is 0.453. The second kappa shape index (κ2) is 7.67. The second-order valence-electron chi connectivity index (χ2n) is 5.02. The SMILES string of the molecule is CC(C)CN(CCC#N)CCS(=O)(=O)C(C)C. The Morgan fingerprint density at radius 2 is 1.76 bits per heavy atom. The van der Waals surface area contributed by atoms with E-state index < -0.39 is 9.84 Å². The van der Waals surface area contributed by atoms with Gasteiger partial charge in [-0.2, -0.15) is 5.26 Å². The number of rotatable bonds is 8. The van der Waals surface area contributed by atoms with Crippen LogP contribution < -0.4 is 0 Å². The van der Waals surface area contributed by atoms with E-state index in [9.17, 15) is 8.42 Å². The molecule has 0 amide bonds. The molecule has 0 aliphatic rings. The molecule has 0 spiro atoms. The first-order chi connectivity index (χ1) is 7.79. The lowest BCUT2D eigenvalue weighted by atomic mass is 10.2. The minimum Gasteiger partial charge on any atom is -0.301 e. The zero-order valence-corrected chi connectivity index (χ0v) is 12.1. The molecule has 0 fully saturated rings. The summed E-state index contributed by atoms with van der Waals surface area (Å²) in [4.78, 5) is 2.06. The van der Waals surface area contributed by atoms with Crippen molar-refractivity contribution in [1.82, 2.24) is 4.90 Å². The Kier molecular flexibility index (Phi) is 7.40. The standard InChI is InChI=1S/C12H24N2O2S/c1-11(2)10-14(7-5-6-13)8-9-17(15,16)12(3)4/h11-12H,5,7-10H2,1-4H3. The summed E-state index contributed by atoms with van der Waals surface area (Å²) in [5, 5.41) is 8.25. The fourth-order valence-electron chi connectivity index (χ4n) is 1.51. The molecule has 0 rings (SSSR count). The molecule has 5 heteroatoms. The molecule has 0 saturated heterocycles. The lowest BCUT2D eigenvalue weighted by Gasteiger charge is -2.23. The summed E-state index contributed by atoms with van der Waals surface area (Å²) >= 11 is 0. The Bertz CT molecular complexity index is 342. The van der Waals surface area contributed by atoms with Crippen LogP contribution in [0.25, 0.3) is 0 Å². The highest BCUT2D eigenvalue weighted by Gasteiger charge is 2.18. The van der Waals surface area contributed by atoms with Gasteiger partial charge in [0.15, 0.2) is 9.84 Å². The van der Waals surface area contributed by atoms with Crippen LogP contribution in [-0.4, -0.2) is 44.0 Å². The first-order valence-corrected chi connectivity index (χ1v) is 7.82. The molecule has 0 aromatic carbocycles. The van der Waals surface area contributed by atoms with Gasteiger partial charge in [0.1, 0.15) is 0 Å². The van der Waals surface area contributed by atoms with Gasteiger partial charge in [0.2, 0.25) is 0 Å². The third-order valence-electron chi connectivity index (χ3n) is 2.57. The van der Waals surface area contributed by atoms with E-state index in [-0.39, 0.29) is 11.0 Å². The van der Waals surface area contributed by atoms with Crippen LogP contribution >= 0.6 is 0 Å². The predicted octanol–water partition coefficient (Wildman–Crippen LogP) is 1.68. The van der Waals surface area contributed by atoms with Crippen LogP contribution in [0.1, 0.15) is 34.1 Å². The summed E-state index contributed by atoms with van der Waals surface area (Å²) in [5.74, 6) is 0.665. The van der Waals surface area contributed by atoms with Crippen molar-refractivity contribution in [2.75, 3.05) is 25.4 Å². The van der Waals surface area contributed by atoms with Crippen molar-refractivity contribution in [2.45, 2.75) is 39.4 Å². The second-order valence-corrected chi connectivity index (χ2v) is 7.70. The van der Waals surface area contributed by atoms with Gasteiger partial charge in [-0.25, -0.2) is 8.42 Å². The minimum absolute atomic E-state index is 0.183. The molecule has 0 aliphatic carbocycles. The van der Waals surface area contributed by atoms with Gasteiger partial charge >= 0.3 is 0 Å². The highest BCUT2D eigenvalue weighted by molar-refractivity contribution is 7.92. The van der Waals surface area contributed by atoms with E-state index in [0.717, 1.165) is 6.54 Å². The molecule has 0 unspecified atom stereocenters. The molecule has 100 valence electrons. The molecule has 0 heterocycles. The van der Waals surface area contributed by atoms with Gasteiger partial charge in [0, 0.05) is 26.1 Å². The monoisotopic (exact) mass is 260 g/mol. The fraction of sp³-hybridized carbons (Fsp3) is 0.917. The van der Waals surface area contributed by atoms with E-state index in [1.165, 1.54) is 0 Å². The first-order valence-electron chi connectivity index (χ1n) is 6.10. The number of nitriles is 1. The predicted molar refractivity (Wildman–Crippen MR) is 70.4 cm³/mol. The van der Waals surface area contributed by atoms with Crippen molar-refractivity contribution < 1.29 is 8.42 Å². The molecule has 0 atom stereocenters. The highest BCUT2D eigenvalue weighted by Crippen LogP contribution is 2.04. The maximum Gasteiger partial charge on any atom is 0.153 e. The summed E-state index contributed by atoms with van der Waals surface area (Å²) in [7, 11) is -2.98. The van der Waals surface area contributed by atoms with Crippen molar-refractivity contribution in [3.63, 3.8) is 0 Å². The number of hydrogen-bond acceptors (Lipinski definition) is 4. The lowest BCUT2D eigenvalue weighted by molar-refractivity contribution is 0.262. The topological polar surface area (TPSA) is 61.2 Å². The van der Waals surface area contributed by atoms with Crippen LogP contribution in [0.4, 0.5) is 0 Å². The molecule has 0 N–H and O–H groups in total. The van der Waals surface area contributed by atoms with Crippen LogP contribution in [0, 0.1) is 17.2 Å². The molecule has 0 bridgehead atoms. The highest BCUT2D eigenvalue weighted by atomic mass is 32.2. The molecule has 0 aromatic heterocycles. The van der Waals surface area contributed by atoms with Gasteiger partial charge in [-0.15, -0.1) is 0 Å². The van der Waals surface area contributed by atoms with E-state index in [1.54, 1.807) is 13.8 Å². The zero-order chi connectivity index (χ0) is 13.5. The van der Waals surface area contributed by atoms with Gasteiger partial charge in [-0.1, -0.05) is 13.8 Å². The smallest absolute Gasteiger partial charge is 0.153 e. The van der Waals surface area contributed by atoms with Crippen LogP contribution in [0.15, 0.2) is 0 Å². The molecular formula is C12H24N2O2S. The normalized spacial score (nSPS) is 12.4. The molecule has 0 saturated carbocycles. The molecule has 17 heavy (non-hydrogen) atoms. The van der Waals surface area contributed by atoms with Crippen LogP contribution in [-0.2, 0) is 9.84 Å². The van der Waals surface area contributed by atoms with E-state index in [4.69, 9.17) is 5.26 Å². The van der Waals surface area contributed by atoms with Crippen LogP contribution in [0.3, 0.4) is 0 Å². The Morgan fingerprint density at radius 3 is 2.18 bits per heavy atom. The third-order valence-corrected chi connectivity index (χ3v) is 4.76. The van der Waals surface area contributed by atoms with E-state index >= 15 is 0 Å². The lowest BCUT2D eigenvalue weighted by Crippen LogP contribution is -2.34. The number of hydrogen-bond donors (Lipinski definition) is 0. The molecule has 0 aliphatic heterocycles. The van der Waals surface area contributed by atoms with Gasteiger partial charge < -0.3 is 4.90 Å². The fourth-order valence-corrected chi connectivity index (χ4v) is 2.50. The average molecular weight is 260 g/mol. The molecule has 4 nitrogen and oxygen atoms in total.